The van der Waals surface area contributed by atoms with Gasteiger partial charge < -0.3 is 14.5 Å². The van der Waals surface area contributed by atoms with E-state index < -0.39 is 5.54 Å². The molecule has 0 unspecified atom stereocenters. The molecule has 6 nitrogen and oxygen atoms in total. The number of aromatic nitrogens is 1. The van der Waals surface area contributed by atoms with Gasteiger partial charge in [-0.2, -0.15) is 0 Å². The highest BCUT2D eigenvalue weighted by atomic mass is 16.5. The number of benzene rings is 1. The molecule has 1 aromatic carbocycles. The van der Waals surface area contributed by atoms with Crippen LogP contribution in [0.15, 0.2) is 24.3 Å². The first-order chi connectivity index (χ1) is 12.1. The number of carbonyl (C=O) groups excluding carboxylic acids is 2. The van der Waals surface area contributed by atoms with Gasteiger partial charge in [0.1, 0.15) is 0 Å². The van der Waals surface area contributed by atoms with Crippen molar-refractivity contribution in [2.75, 3.05) is 19.8 Å². The summed E-state index contributed by atoms with van der Waals surface area (Å²) in [6, 6.07) is 8.00. The van der Waals surface area contributed by atoms with E-state index in [1.807, 2.05) is 18.2 Å². The number of hydrogen-bond acceptors (Lipinski definition) is 5. The molecule has 3 rings (SSSR count). The maximum absolute atomic E-state index is 12.9. The zero-order valence-corrected chi connectivity index (χ0v) is 14.7. The van der Waals surface area contributed by atoms with Gasteiger partial charge in [0.05, 0.1) is 18.9 Å². The van der Waals surface area contributed by atoms with Crippen molar-refractivity contribution in [2.24, 2.45) is 0 Å². The SMILES string of the molecule is CCOC(=O)CC[C@@]1(C(=O)OCC)NCCc2c1[nH]c1ccccc21. The second-order valence-corrected chi connectivity index (χ2v) is 6.13. The van der Waals surface area contributed by atoms with Gasteiger partial charge in [0.25, 0.3) is 0 Å². The summed E-state index contributed by atoms with van der Waals surface area (Å²) < 4.78 is 10.4. The lowest BCUT2D eigenvalue weighted by Gasteiger charge is -2.36. The second kappa shape index (κ2) is 7.27. The Kier molecular flexibility index (Phi) is 5.08. The van der Waals surface area contributed by atoms with Gasteiger partial charge in [-0.05, 0) is 38.3 Å². The zero-order chi connectivity index (χ0) is 17.9. The van der Waals surface area contributed by atoms with Gasteiger partial charge in [0, 0.05) is 23.9 Å². The predicted octanol–water partition coefficient (Wildman–Crippen LogP) is 2.42. The number of nitrogens with one attached hydrogen (secondary N) is 2. The number of fused-ring (bicyclic) bond motifs is 3. The number of aromatic amines is 1. The van der Waals surface area contributed by atoms with Crippen molar-refractivity contribution in [1.82, 2.24) is 10.3 Å². The van der Waals surface area contributed by atoms with Crippen molar-refractivity contribution in [3.63, 3.8) is 0 Å². The van der Waals surface area contributed by atoms with Crippen LogP contribution in [-0.4, -0.2) is 36.7 Å². The van der Waals surface area contributed by atoms with Crippen molar-refractivity contribution < 1.29 is 19.1 Å². The van der Waals surface area contributed by atoms with Crippen LogP contribution in [0.2, 0.25) is 0 Å². The average molecular weight is 344 g/mol. The molecule has 1 aliphatic rings. The molecule has 0 saturated carbocycles. The van der Waals surface area contributed by atoms with Crippen molar-refractivity contribution in [3.05, 3.63) is 35.5 Å². The molecule has 2 heterocycles. The van der Waals surface area contributed by atoms with E-state index in [-0.39, 0.29) is 25.0 Å². The normalized spacial score (nSPS) is 19.4. The molecular formula is C19H24N2O4. The third-order valence-corrected chi connectivity index (χ3v) is 4.68. The molecule has 0 fully saturated rings. The number of rotatable bonds is 6. The molecule has 0 spiro atoms. The fourth-order valence-electron chi connectivity index (χ4n) is 3.58. The molecule has 0 bridgehead atoms. The fraction of sp³-hybridized carbons (Fsp3) is 0.474. The molecule has 0 saturated heterocycles. The van der Waals surface area contributed by atoms with E-state index in [1.54, 1.807) is 13.8 Å². The highest BCUT2D eigenvalue weighted by Crippen LogP contribution is 2.37. The van der Waals surface area contributed by atoms with Crippen molar-refractivity contribution in [3.8, 4) is 0 Å². The number of esters is 2. The summed E-state index contributed by atoms with van der Waals surface area (Å²) in [4.78, 5) is 28.1. The smallest absolute Gasteiger partial charge is 0.332 e. The van der Waals surface area contributed by atoms with Gasteiger partial charge >= 0.3 is 11.9 Å². The van der Waals surface area contributed by atoms with Gasteiger partial charge in [0.15, 0.2) is 5.54 Å². The van der Waals surface area contributed by atoms with E-state index in [4.69, 9.17) is 9.47 Å². The van der Waals surface area contributed by atoms with E-state index in [2.05, 4.69) is 16.4 Å². The Hall–Kier alpha value is -2.34. The van der Waals surface area contributed by atoms with E-state index in [9.17, 15) is 9.59 Å². The van der Waals surface area contributed by atoms with Crippen LogP contribution in [0.1, 0.15) is 37.9 Å². The third kappa shape index (κ3) is 3.14. The summed E-state index contributed by atoms with van der Waals surface area (Å²) in [6.07, 6.45) is 1.26. The number of para-hydroxylation sites is 1. The molecule has 0 aliphatic carbocycles. The van der Waals surface area contributed by atoms with Crippen LogP contribution in [0.4, 0.5) is 0 Å². The highest BCUT2D eigenvalue weighted by molar-refractivity contribution is 5.91. The Morgan fingerprint density at radius 1 is 1.16 bits per heavy atom. The average Bonchev–Trinajstić information content (AvgIpc) is 3.00. The maximum Gasteiger partial charge on any atom is 0.332 e. The lowest BCUT2D eigenvalue weighted by Crippen LogP contribution is -2.54. The van der Waals surface area contributed by atoms with E-state index in [0.29, 0.717) is 19.6 Å². The van der Waals surface area contributed by atoms with Gasteiger partial charge in [-0.1, -0.05) is 18.2 Å². The first-order valence-electron chi connectivity index (χ1n) is 8.80. The molecule has 1 atom stereocenters. The minimum atomic E-state index is -1.05. The fourth-order valence-corrected chi connectivity index (χ4v) is 3.58. The summed E-state index contributed by atoms with van der Waals surface area (Å²) in [5.74, 6) is -0.664. The lowest BCUT2D eigenvalue weighted by molar-refractivity contribution is -0.153. The maximum atomic E-state index is 12.9. The summed E-state index contributed by atoms with van der Waals surface area (Å²) in [5, 5.41) is 4.43. The van der Waals surface area contributed by atoms with E-state index >= 15 is 0 Å². The standard InChI is InChI=1S/C19H24N2O4/c1-3-24-16(22)9-11-19(18(23)25-4-2)17-14(10-12-20-19)13-7-5-6-8-15(13)21-17/h5-8,20-21H,3-4,9-12H2,1-2H3/t19-/m1/s1. The first-order valence-corrected chi connectivity index (χ1v) is 8.80. The molecule has 2 N–H and O–H groups in total. The van der Waals surface area contributed by atoms with Gasteiger partial charge in [-0.15, -0.1) is 0 Å². The van der Waals surface area contributed by atoms with Crippen molar-refractivity contribution in [2.45, 2.75) is 38.6 Å². The van der Waals surface area contributed by atoms with Gasteiger partial charge in [-0.3, -0.25) is 10.1 Å². The largest absolute Gasteiger partial charge is 0.466 e. The van der Waals surface area contributed by atoms with E-state index in [1.165, 1.54) is 0 Å². The molecule has 0 amide bonds. The van der Waals surface area contributed by atoms with Gasteiger partial charge in [0.2, 0.25) is 0 Å². The van der Waals surface area contributed by atoms with Crippen LogP contribution >= 0.6 is 0 Å². The molecule has 2 aromatic rings. The van der Waals surface area contributed by atoms with Crippen molar-refractivity contribution >= 4 is 22.8 Å². The quantitative estimate of drug-likeness (QED) is 0.787. The van der Waals surface area contributed by atoms with Crippen LogP contribution in [0, 0.1) is 0 Å². The Morgan fingerprint density at radius 2 is 1.92 bits per heavy atom. The second-order valence-electron chi connectivity index (χ2n) is 6.13. The molecule has 0 radical (unpaired) electrons. The van der Waals surface area contributed by atoms with Crippen LogP contribution in [0.3, 0.4) is 0 Å². The van der Waals surface area contributed by atoms with Crippen LogP contribution < -0.4 is 5.32 Å². The summed E-state index contributed by atoms with van der Waals surface area (Å²) in [5.41, 5.74) is 1.87. The predicted molar refractivity (Wildman–Crippen MR) is 94.2 cm³/mol. The first kappa shape index (κ1) is 17.5. The lowest BCUT2D eigenvalue weighted by atomic mass is 9.83. The van der Waals surface area contributed by atoms with E-state index in [0.717, 1.165) is 28.6 Å². The van der Waals surface area contributed by atoms with Crippen LogP contribution in [-0.2, 0) is 31.0 Å². The summed E-state index contributed by atoms with van der Waals surface area (Å²) in [6.45, 7) is 4.82. The monoisotopic (exact) mass is 344 g/mol. The highest BCUT2D eigenvalue weighted by Gasteiger charge is 2.46. The Morgan fingerprint density at radius 3 is 2.68 bits per heavy atom. The number of H-pyrrole nitrogens is 1. The Labute approximate surface area is 146 Å². The summed E-state index contributed by atoms with van der Waals surface area (Å²) >= 11 is 0. The Bertz CT molecular complexity index is 783. The molecule has 6 heteroatoms. The van der Waals surface area contributed by atoms with Crippen molar-refractivity contribution in [1.29, 1.82) is 0 Å². The number of hydrogen-bond donors (Lipinski definition) is 2. The summed E-state index contributed by atoms with van der Waals surface area (Å²) in [7, 11) is 0. The molecule has 1 aromatic heterocycles. The van der Waals surface area contributed by atoms with Gasteiger partial charge in [-0.25, -0.2) is 4.79 Å². The molecular weight excluding hydrogens is 320 g/mol. The molecule has 25 heavy (non-hydrogen) atoms. The van der Waals surface area contributed by atoms with Crippen LogP contribution in [0.25, 0.3) is 10.9 Å². The Balaban J connectivity index is 2.03. The third-order valence-electron chi connectivity index (χ3n) is 4.68. The number of carbonyl (C=O) groups is 2. The van der Waals surface area contributed by atoms with Crippen LogP contribution in [0.5, 0.6) is 0 Å². The molecule has 1 aliphatic heterocycles. The minimum absolute atomic E-state index is 0.147. The number of ether oxygens (including phenoxy) is 2. The zero-order valence-electron chi connectivity index (χ0n) is 14.7. The minimum Gasteiger partial charge on any atom is -0.466 e. The molecule has 134 valence electrons. The topological polar surface area (TPSA) is 80.4 Å².